The zero-order valence-electron chi connectivity index (χ0n) is 6.27. The molecule has 1 N–H and O–H groups in total. The average Bonchev–Trinajstić information content (AvgIpc) is 2.09. The molecule has 0 unspecified atom stereocenters. The van der Waals surface area contributed by atoms with Crippen LogP contribution in [-0.4, -0.2) is 16.7 Å². The molecule has 0 atom stereocenters. The lowest BCUT2D eigenvalue weighted by atomic mass is 10.2. The van der Waals surface area contributed by atoms with Gasteiger partial charge in [0.2, 0.25) is 6.41 Å². The first-order chi connectivity index (χ1) is 5.74. The van der Waals surface area contributed by atoms with Crippen LogP contribution in [-0.2, 0) is 11.3 Å². The van der Waals surface area contributed by atoms with Gasteiger partial charge in [0.1, 0.15) is 0 Å². The molecule has 0 aliphatic heterocycles. The molecular formula is C8H8ClNO2. The summed E-state index contributed by atoms with van der Waals surface area (Å²) in [4.78, 5) is 10.1. The summed E-state index contributed by atoms with van der Waals surface area (Å²) < 4.78 is 0. The minimum absolute atomic E-state index is 0.114. The first-order valence-electron chi connectivity index (χ1n) is 3.38. The van der Waals surface area contributed by atoms with E-state index in [0.29, 0.717) is 22.1 Å². The largest absolute Gasteiger partial charge is 0.286 e. The maximum Gasteiger partial charge on any atom is 0.233 e. The third-order valence-corrected chi connectivity index (χ3v) is 1.78. The molecule has 12 heavy (non-hydrogen) atoms. The molecule has 0 bridgehead atoms. The lowest BCUT2D eigenvalue weighted by Crippen LogP contribution is -2.15. The summed E-state index contributed by atoms with van der Waals surface area (Å²) >= 11 is 5.77. The summed E-state index contributed by atoms with van der Waals surface area (Å²) in [6, 6.07) is 7.03. The second-order valence-corrected chi connectivity index (χ2v) is 2.70. The molecule has 0 saturated carbocycles. The van der Waals surface area contributed by atoms with Gasteiger partial charge >= 0.3 is 0 Å². The van der Waals surface area contributed by atoms with Crippen LogP contribution >= 0.6 is 11.6 Å². The molecule has 0 radical (unpaired) electrons. The SMILES string of the molecule is O=CN(O)Cc1ccccc1Cl. The fourth-order valence-corrected chi connectivity index (χ4v) is 1.03. The van der Waals surface area contributed by atoms with Gasteiger partial charge in [0, 0.05) is 5.02 Å². The molecule has 4 heteroatoms. The molecule has 64 valence electrons. The molecule has 0 aliphatic rings. The van der Waals surface area contributed by atoms with Gasteiger partial charge in [-0.25, -0.2) is 5.06 Å². The van der Waals surface area contributed by atoms with Gasteiger partial charge < -0.3 is 0 Å². The zero-order chi connectivity index (χ0) is 8.97. The van der Waals surface area contributed by atoms with Gasteiger partial charge in [-0.05, 0) is 11.6 Å². The molecule has 0 aromatic heterocycles. The number of rotatable bonds is 3. The Kier molecular flexibility index (Phi) is 3.08. The Morgan fingerprint density at radius 2 is 2.17 bits per heavy atom. The van der Waals surface area contributed by atoms with Gasteiger partial charge in [0.15, 0.2) is 0 Å². The van der Waals surface area contributed by atoms with Crippen molar-refractivity contribution >= 4 is 18.0 Å². The molecule has 0 saturated heterocycles. The standard InChI is InChI=1S/C8H8ClNO2/c9-8-4-2-1-3-7(8)5-10(12)6-11/h1-4,6,12H,5H2. The Bertz CT molecular complexity index is 278. The van der Waals surface area contributed by atoms with E-state index in [0.717, 1.165) is 0 Å². The van der Waals surface area contributed by atoms with Gasteiger partial charge in [-0.15, -0.1) is 0 Å². The van der Waals surface area contributed by atoms with Crippen LogP contribution in [0.25, 0.3) is 0 Å². The minimum Gasteiger partial charge on any atom is -0.286 e. The molecule has 0 aliphatic carbocycles. The van der Waals surface area contributed by atoms with Crippen molar-refractivity contribution in [1.82, 2.24) is 5.06 Å². The maximum absolute atomic E-state index is 10.1. The van der Waals surface area contributed by atoms with Crippen molar-refractivity contribution in [2.24, 2.45) is 0 Å². The summed E-state index contributed by atoms with van der Waals surface area (Å²) in [6.45, 7) is 0.114. The van der Waals surface area contributed by atoms with E-state index < -0.39 is 0 Å². The minimum atomic E-state index is 0.114. The second kappa shape index (κ2) is 4.09. The van der Waals surface area contributed by atoms with Crippen molar-refractivity contribution in [1.29, 1.82) is 0 Å². The fourth-order valence-electron chi connectivity index (χ4n) is 0.838. The van der Waals surface area contributed by atoms with E-state index in [-0.39, 0.29) is 6.54 Å². The number of hydrogen-bond donors (Lipinski definition) is 1. The van der Waals surface area contributed by atoms with Crippen LogP contribution in [0.4, 0.5) is 0 Å². The molecule has 1 aromatic rings. The van der Waals surface area contributed by atoms with Crippen molar-refractivity contribution in [3.05, 3.63) is 34.9 Å². The summed E-state index contributed by atoms with van der Waals surface area (Å²) in [6.07, 6.45) is 0.337. The van der Waals surface area contributed by atoms with Crippen LogP contribution in [0.1, 0.15) is 5.56 Å². The lowest BCUT2D eigenvalue weighted by molar-refractivity contribution is -0.152. The van der Waals surface area contributed by atoms with Gasteiger partial charge in [-0.1, -0.05) is 29.8 Å². The number of hydroxylamine groups is 2. The van der Waals surface area contributed by atoms with Crippen LogP contribution in [0.3, 0.4) is 0 Å². The topological polar surface area (TPSA) is 40.5 Å². The van der Waals surface area contributed by atoms with Crippen LogP contribution in [0.5, 0.6) is 0 Å². The smallest absolute Gasteiger partial charge is 0.233 e. The first kappa shape index (κ1) is 9.03. The lowest BCUT2D eigenvalue weighted by Gasteiger charge is -2.08. The van der Waals surface area contributed by atoms with Gasteiger partial charge in [0.05, 0.1) is 6.54 Å². The second-order valence-electron chi connectivity index (χ2n) is 2.29. The molecule has 3 nitrogen and oxygen atoms in total. The first-order valence-corrected chi connectivity index (χ1v) is 3.76. The average molecular weight is 186 g/mol. The molecule has 1 aromatic carbocycles. The Labute approximate surface area is 75.1 Å². The van der Waals surface area contributed by atoms with E-state index in [2.05, 4.69) is 0 Å². The molecule has 1 rings (SSSR count). The zero-order valence-corrected chi connectivity index (χ0v) is 7.03. The molecular weight excluding hydrogens is 178 g/mol. The van der Waals surface area contributed by atoms with E-state index in [1.165, 1.54) is 0 Å². The van der Waals surface area contributed by atoms with Crippen LogP contribution in [0, 0.1) is 0 Å². The third-order valence-electron chi connectivity index (χ3n) is 1.41. The Morgan fingerprint density at radius 3 is 2.75 bits per heavy atom. The molecule has 1 amide bonds. The highest BCUT2D eigenvalue weighted by Crippen LogP contribution is 2.15. The van der Waals surface area contributed by atoms with E-state index in [9.17, 15) is 4.79 Å². The van der Waals surface area contributed by atoms with Gasteiger partial charge in [-0.2, -0.15) is 0 Å². The van der Waals surface area contributed by atoms with Crippen molar-refractivity contribution in [2.75, 3.05) is 0 Å². The molecule has 0 fully saturated rings. The number of halogens is 1. The third kappa shape index (κ3) is 2.22. The highest BCUT2D eigenvalue weighted by molar-refractivity contribution is 6.31. The number of carbonyl (C=O) groups excluding carboxylic acids is 1. The van der Waals surface area contributed by atoms with E-state index in [1.54, 1.807) is 24.3 Å². The summed E-state index contributed by atoms with van der Waals surface area (Å²) in [5.74, 6) is 0. The van der Waals surface area contributed by atoms with Gasteiger partial charge in [-0.3, -0.25) is 10.0 Å². The molecule has 0 spiro atoms. The molecule has 0 heterocycles. The van der Waals surface area contributed by atoms with E-state index in [4.69, 9.17) is 16.8 Å². The van der Waals surface area contributed by atoms with E-state index in [1.807, 2.05) is 0 Å². The highest BCUT2D eigenvalue weighted by atomic mass is 35.5. The van der Waals surface area contributed by atoms with Crippen LogP contribution in [0.2, 0.25) is 5.02 Å². The quantitative estimate of drug-likeness (QED) is 0.442. The predicted octanol–water partition coefficient (Wildman–Crippen LogP) is 1.69. The van der Waals surface area contributed by atoms with Crippen molar-refractivity contribution in [3.63, 3.8) is 0 Å². The van der Waals surface area contributed by atoms with Crippen molar-refractivity contribution < 1.29 is 10.0 Å². The van der Waals surface area contributed by atoms with Crippen molar-refractivity contribution in [3.8, 4) is 0 Å². The monoisotopic (exact) mass is 185 g/mol. The Morgan fingerprint density at radius 1 is 1.50 bits per heavy atom. The highest BCUT2D eigenvalue weighted by Gasteiger charge is 2.01. The summed E-state index contributed by atoms with van der Waals surface area (Å²) in [5.41, 5.74) is 0.716. The number of nitrogens with zero attached hydrogens (tertiary/aromatic N) is 1. The van der Waals surface area contributed by atoms with Crippen molar-refractivity contribution in [2.45, 2.75) is 6.54 Å². The van der Waals surface area contributed by atoms with Crippen LogP contribution < -0.4 is 0 Å². The Hall–Kier alpha value is -1.06. The normalized spacial score (nSPS) is 9.50. The number of amides is 1. The number of benzene rings is 1. The number of carbonyl (C=O) groups is 1. The van der Waals surface area contributed by atoms with Crippen LogP contribution in [0.15, 0.2) is 24.3 Å². The number of hydrogen-bond acceptors (Lipinski definition) is 2. The predicted molar refractivity (Wildman–Crippen MR) is 44.8 cm³/mol. The van der Waals surface area contributed by atoms with Gasteiger partial charge in [0.25, 0.3) is 0 Å². The summed E-state index contributed by atoms with van der Waals surface area (Å²) in [7, 11) is 0. The summed E-state index contributed by atoms with van der Waals surface area (Å²) in [5, 5.41) is 9.93. The maximum atomic E-state index is 10.1. The fraction of sp³-hybridized carbons (Fsp3) is 0.125. The van der Waals surface area contributed by atoms with E-state index >= 15 is 0 Å². The Balaban J connectivity index is 2.75.